The Kier molecular flexibility index (Phi) is 22.6. The summed E-state index contributed by atoms with van der Waals surface area (Å²) in [6, 6.07) is 19.4. The van der Waals surface area contributed by atoms with Crippen LogP contribution in [0.25, 0.3) is 6.08 Å². The van der Waals surface area contributed by atoms with Crippen molar-refractivity contribution in [1.82, 2.24) is 0 Å². The van der Waals surface area contributed by atoms with Crippen molar-refractivity contribution < 1.29 is 43.8 Å². The van der Waals surface area contributed by atoms with Crippen molar-refractivity contribution in [2.24, 2.45) is 5.41 Å². The number of rotatable bonds is 4. The van der Waals surface area contributed by atoms with Crippen LogP contribution in [-0.2, 0) is 43.8 Å². The van der Waals surface area contributed by atoms with Crippen LogP contribution in [0.15, 0.2) is 60.2 Å². The summed E-state index contributed by atoms with van der Waals surface area (Å²) in [5.41, 5.74) is 5.14. The van der Waals surface area contributed by atoms with Gasteiger partial charge in [0.05, 0.1) is 0 Å². The zero-order valence-electron chi connectivity index (χ0n) is 19.9. The molecule has 0 amide bonds. The van der Waals surface area contributed by atoms with Gasteiger partial charge in [-0.2, -0.15) is 0 Å². The van der Waals surface area contributed by atoms with Gasteiger partial charge < -0.3 is 0 Å². The van der Waals surface area contributed by atoms with Gasteiger partial charge in [-0.15, -0.1) is 0 Å². The van der Waals surface area contributed by atoms with Gasteiger partial charge in [0.25, 0.3) is 0 Å². The number of hydrogen-bond acceptors (Lipinski definition) is 2. The molecule has 0 aliphatic carbocycles. The van der Waals surface area contributed by atoms with Crippen molar-refractivity contribution >= 4 is 16.3 Å². The van der Waals surface area contributed by atoms with Crippen molar-refractivity contribution in [3.05, 3.63) is 105 Å². The molecule has 0 bridgehead atoms. The van der Waals surface area contributed by atoms with E-state index in [0.29, 0.717) is 0 Å². The van der Waals surface area contributed by atoms with Crippen molar-refractivity contribution in [1.29, 1.82) is 0 Å². The summed E-state index contributed by atoms with van der Waals surface area (Å²) in [5, 5.41) is 0. The maximum absolute atomic E-state index is 7.50. The minimum absolute atomic E-state index is 0.131. The molecule has 7 nitrogen and oxygen atoms in total. The first-order valence-corrected chi connectivity index (χ1v) is 10.3. The average Bonchev–Trinajstić information content (AvgIpc) is 2.93. The fourth-order valence-electron chi connectivity index (χ4n) is 3.40. The molecule has 2 aromatic carbocycles. The van der Waals surface area contributed by atoms with Gasteiger partial charge in [0.2, 0.25) is 0 Å². The van der Waals surface area contributed by atoms with Crippen LogP contribution in [0.4, 0.5) is 5.69 Å². The number of hydrogen-bond donors (Lipinski definition) is 0. The second-order valence-electron chi connectivity index (χ2n) is 7.65. The van der Waals surface area contributed by atoms with Gasteiger partial charge in [-0.3, -0.25) is 0 Å². The van der Waals surface area contributed by atoms with Crippen molar-refractivity contribution in [2.75, 3.05) is 18.6 Å². The molecule has 0 saturated heterocycles. The third kappa shape index (κ3) is 11.8. The van der Waals surface area contributed by atoms with E-state index in [1.54, 1.807) is 7.11 Å². The molecule has 1 atom stereocenters. The molecule has 0 fully saturated rings. The van der Waals surface area contributed by atoms with Crippen LogP contribution < -0.4 is 4.90 Å². The van der Waals surface area contributed by atoms with Crippen LogP contribution in [0.5, 0.6) is 0 Å². The normalized spacial score (nSPS) is 12.5. The van der Waals surface area contributed by atoms with E-state index in [4.69, 9.17) is 28.0 Å². The molecule has 0 saturated carbocycles. The fraction of sp³-hybridized carbons (Fsp3) is 0.259. The van der Waals surface area contributed by atoms with E-state index in [-0.39, 0.29) is 11.5 Å². The molecule has 180 valence electrons. The first kappa shape index (κ1) is 36.6. The molecule has 1 heterocycles. The molecule has 8 heteroatoms. The minimum atomic E-state index is 0.131. The number of ether oxygens (including phenoxy) is 1. The zero-order chi connectivity index (χ0) is 28.0. The summed E-state index contributed by atoms with van der Waals surface area (Å²) < 4.78 is 44.0. The van der Waals surface area contributed by atoms with E-state index in [1.807, 2.05) is 0 Å². The van der Waals surface area contributed by atoms with Gasteiger partial charge in [0.1, 0.15) is 0 Å². The van der Waals surface area contributed by atoms with E-state index >= 15 is 0 Å². The molecule has 0 aromatic heterocycles. The van der Waals surface area contributed by atoms with E-state index in [0.717, 1.165) is 11.1 Å². The molecule has 0 N–H and O–H groups in total. The van der Waals surface area contributed by atoms with E-state index < -0.39 is 0 Å². The predicted molar refractivity (Wildman–Crippen MR) is 122 cm³/mol. The van der Waals surface area contributed by atoms with Crippen molar-refractivity contribution in [2.45, 2.75) is 26.8 Å². The number of fused-ring (bicyclic) bond motifs is 1. The van der Waals surface area contributed by atoms with Crippen LogP contribution in [0, 0.1) is 38.7 Å². The van der Waals surface area contributed by atoms with Gasteiger partial charge in [0.15, 0.2) is 0 Å². The molecule has 3 rings (SSSR count). The van der Waals surface area contributed by atoms with Crippen LogP contribution in [0.2, 0.25) is 0 Å². The molecule has 0 spiro atoms. The zero-order valence-corrected chi connectivity index (χ0v) is 21.1. The first-order valence-electron chi connectivity index (χ1n) is 9.63. The number of anilines is 1. The van der Waals surface area contributed by atoms with Crippen LogP contribution >= 0.6 is 0 Å². The molecular weight excluding hydrogens is 486 g/mol. The van der Waals surface area contributed by atoms with Crippen LogP contribution in [-0.4, -0.2) is 18.2 Å². The van der Waals surface area contributed by atoms with Gasteiger partial charge in [0, 0.05) is 0 Å². The Hall–Kier alpha value is -2.96. The second kappa shape index (κ2) is 21.6. The summed E-state index contributed by atoms with van der Waals surface area (Å²) in [6.07, 6.45) is 2.25. The number of benzene rings is 2. The summed E-state index contributed by atoms with van der Waals surface area (Å²) in [4.78, 5) is 2.51. The fourth-order valence-corrected chi connectivity index (χ4v) is 3.66. The number of para-hydroxylation sites is 1. The summed E-state index contributed by atoms with van der Waals surface area (Å²) in [7, 11) is 1.73. The Morgan fingerprint density at radius 2 is 1.29 bits per heavy atom. The molecule has 1 unspecified atom stereocenters. The molecule has 0 radical (unpaired) electrons. The monoisotopic (exact) mass is 511 g/mol. The van der Waals surface area contributed by atoms with E-state index in [1.165, 1.54) is 22.4 Å². The van der Waals surface area contributed by atoms with Gasteiger partial charge >= 0.3 is 216 Å². The molecule has 1 aliphatic rings. The molecule has 35 heavy (non-hydrogen) atoms. The van der Waals surface area contributed by atoms with E-state index in [9.17, 15) is 0 Å². The summed E-state index contributed by atoms with van der Waals surface area (Å²) in [5.74, 6) is 0. The number of methoxy groups -OCH3 is 1. The summed E-state index contributed by atoms with van der Waals surface area (Å²) in [6.45, 7) is 30.3. The predicted octanol–water partition coefficient (Wildman–Crippen LogP) is 4.81. The third-order valence-corrected chi connectivity index (χ3v) is 4.97. The Bertz CT molecular complexity index is 979. The molecule has 1 aliphatic heterocycles. The topological polar surface area (TPSA) is 112 Å². The Labute approximate surface area is 215 Å². The molecular formula is C27H25CrNO6. The van der Waals surface area contributed by atoms with Crippen LogP contribution in [0.1, 0.15) is 37.9 Å². The SMILES string of the molecule is CO[C](=[Cr])C1=Cc2ccccc2N(CC(C)(C)C)C1c1ccccc1.[C-]#[O+].[C-]#[O+].[C-]#[O+].[C-]#[O+].[C-]#[O+]. The standard InChI is InChI=1S/C22H25NO.5CO.Cr/c1-22(2,3)16-23-20-13-9-8-12-18(20)14-19(15-24-4)21(23)17-10-6-5-7-11-17;5*1-2;/h5-14,21H,16H2,1-4H3;;;;;;. The third-order valence-electron chi connectivity index (χ3n) is 4.34. The second-order valence-corrected chi connectivity index (χ2v) is 8.23. The average molecular weight is 511 g/mol. The number of nitrogens with zero attached hydrogens (tertiary/aromatic N) is 1. The maximum atomic E-state index is 7.50. The Morgan fingerprint density at radius 1 is 0.829 bits per heavy atom. The van der Waals surface area contributed by atoms with Gasteiger partial charge in [-0.25, -0.2) is 0 Å². The van der Waals surface area contributed by atoms with Gasteiger partial charge in [-0.1, -0.05) is 0 Å². The van der Waals surface area contributed by atoms with Crippen molar-refractivity contribution in [3.63, 3.8) is 0 Å². The quantitative estimate of drug-likeness (QED) is 0.433. The van der Waals surface area contributed by atoms with Gasteiger partial charge in [-0.05, 0) is 0 Å². The van der Waals surface area contributed by atoms with Crippen molar-refractivity contribution in [3.8, 4) is 0 Å². The van der Waals surface area contributed by atoms with Crippen LogP contribution in [0.3, 0.4) is 0 Å². The summed E-state index contributed by atoms with van der Waals surface area (Å²) >= 11 is 3.11. The van der Waals surface area contributed by atoms with E-state index in [2.05, 4.69) is 135 Å². The Balaban J connectivity index is -0.000000912. The molecule has 2 aromatic rings. The first-order chi connectivity index (χ1) is 16.9. The Morgan fingerprint density at radius 3 is 1.74 bits per heavy atom.